The average Bonchev–Trinajstić information content (AvgIpc) is 3.33. The SMILES string of the molecule is O=C(COC(=O)c1cc(C2CC2)nn1-c1ccccc1)N[C@H]1CCS(=O)(=O)C1. The monoisotopic (exact) mass is 403 g/mol. The fraction of sp³-hybridized carbons (Fsp3) is 0.421. The van der Waals surface area contributed by atoms with E-state index in [2.05, 4.69) is 10.4 Å². The molecule has 2 heterocycles. The standard InChI is InChI=1S/C19H21N3O5S/c23-18(20-14-8-9-28(25,26)12-14)11-27-19(24)17-10-16(13-6-7-13)21-22(17)15-4-2-1-3-5-15/h1-5,10,13-14H,6-9,11-12H2,(H,20,23)/t14-/m0/s1. The molecule has 1 aromatic heterocycles. The van der Waals surface area contributed by atoms with Crippen molar-refractivity contribution in [2.75, 3.05) is 18.1 Å². The van der Waals surface area contributed by atoms with Crippen LogP contribution in [0, 0.1) is 0 Å². The van der Waals surface area contributed by atoms with Crippen LogP contribution in [0.1, 0.15) is 41.4 Å². The molecule has 1 aliphatic carbocycles. The van der Waals surface area contributed by atoms with Crippen molar-refractivity contribution in [3.8, 4) is 5.69 Å². The maximum atomic E-state index is 12.6. The van der Waals surface area contributed by atoms with Crippen LogP contribution in [0.15, 0.2) is 36.4 Å². The Morgan fingerprint density at radius 2 is 1.93 bits per heavy atom. The second-order valence-electron chi connectivity index (χ2n) is 7.22. The number of ether oxygens (including phenoxy) is 1. The van der Waals surface area contributed by atoms with E-state index in [1.165, 1.54) is 4.68 Å². The van der Waals surface area contributed by atoms with E-state index >= 15 is 0 Å². The van der Waals surface area contributed by atoms with Gasteiger partial charge in [0, 0.05) is 12.0 Å². The second kappa shape index (κ2) is 7.38. The number of sulfone groups is 1. The molecular weight excluding hydrogens is 382 g/mol. The Labute approximate surface area is 162 Å². The van der Waals surface area contributed by atoms with Gasteiger partial charge in [-0.15, -0.1) is 0 Å². The number of hydrogen-bond acceptors (Lipinski definition) is 6. The van der Waals surface area contributed by atoms with E-state index in [0.717, 1.165) is 24.2 Å². The molecule has 4 rings (SSSR count). The van der Waals surface area contributed by atoms with E-state index < -0.39 is 34.4 Å². The summed E-state index contributed by atoms with van der Waals surface area (Å²) in [5.74, 6) is -0.791. The lowest BCUT2D eigenvalue weighted by atomic mass is 10.2. The maximum Gasteiger partial charge on any atom is 0.357 e. The van der Waals surface area contributed by atoms with E-state index in [1.54, 1.807) is 6.07 Å². The number of rotatable bonds is 6. The quantitative estimate of drug-likeness (QED) is 0.727. The van der Waals surface area contributed by atoms with Crippen LogP contribution in [0.25, 0.3) is 5.69 Å². The summed E-state index contributed by atoms with van der Waals surface area (Å²) in [7, 11) is -3.09. The Kier molecular flexibility index (Phi) is 4.92. The van der Waals surface area contributed by atoms with Crippen molar-refractivity contribution in [2.45, 2.75) is 31.2 Å². The van der Waals surface area contributed by atoms with Crippen LogP contribution < -0.4 is 5.32 Å². The van der Waals surface area contributed by atoms with Crippen LogP contribution in [0.3, 0.4) is 0 Å². The van der Waals surface area contributed by atoms with Gasteiger partial charge in [0.05, 0.1) is 22.9 Å². The highest BCUT2D eigenvalue weighted by Gasteiger charge is 2.31. The highest BCUT2D eigenvalue weighted by molar-refractivity contribution is 7.91. The molecule has 1 N–H and O–H groups in total. The van der Waals surface area contributed by atoms with Crippen molar-refractivity contribution >= 4 is 21.7 Å². The number of carbonyl (C=O) groups excluding carboxylic acids is 2. The third kappa shape index (κ3) is 4.24. The van der Waals surface area contributed by atoms with Crippen LogP contribution in [0.2, 0.25) is 0 Å². The lowest BCUT2D eigenvalue weighted by Crippen LogP contribution is -2.38. The molecule has 1 aliphatic heterocycles. The number of nitrogens with one attached hydrogen (secondary N) is 1. The van der Waals surface area contributed by atoms with Gasteiger partial charge in [0.1, 0.15) is 0 Å². The van der Waals surface area contributed by atoms with Gasteiger partial charge in [-0.05, 0) is 37.5 Å². The second-order valence-corrected chi connectivity index (χ2v) is 9.45. The highest BCUT2D eigenvalue weighted by atomic mass is 32.2. The number of esters is 1. The number of benzene rings is 1. The Bertz CT molecular complexity index is 996. The van der Waals surface area contributed by atoms with E-state index in [0.29, 0.717) is 12.3 Å². The number of carbonyl (C=O) groups is 2. The van der Waals surface area contributed by atoms with Crippen LogP contribution in [0.5, 0.6) is 0 Å². The molecule has 148 valence electrons. The minimum atomic E-state index is -3.09. The van der Waals surface area contributed by atoms with Crippen LogP contribution in [0.4, 0.5) is 0 Å². The largest absolute Gasteiger partial charge is 0.451 e. The summed E-state index contributed by atoms with van der Waals surface area (Å²) in [6.07, 6.45) is 2.48. The van der Waals surface area contributed by atoms with Crippen molar-refractivity contribution < 1.29 is 22.7 Å². The van der Waals surface area contributed by atoms with E-state index in [4.69, 9.17) is 4.74 Å². The van der Waals surface area contributed by atoms with Gasteiger partial charge in [0.15, 0.2) is 22.1 Å². The maximum absolute atomic E-state index is 12.6. The minimum Gasteiger partial charge on any atom is -0.451 e. The summed E-state index contributed by atoms with van der Waals surface area (Å²) < 4.78 is 29.6. The van der Waals surface area contributed by atoms with Gasteiger partial charge < -0.3 is 10.1 Å². The van der Waals surface area contributed by atoms with Gasteiger partial charge in [-0.2, -0.15) is 5.10 Å². The number of aromatic nitrogens is 2. The zero-order valence-corrected chi connectivity index (χ0v) is 16.0. The molecule has 2 fully saturated rings. The lowest BCUT2D eigenvalue weighted by molar-refractivity contribution is -0.124. The molecule has 0 spiro atoms. The van der Waals surface area contributed by atoms with E-state index in [-0.39, 0.29) is 17.2 Å². The van der Waals surface area contributed by atoms with Gasteiger partial charge in [-0.3, -0.25) is 4.79 Å². The van der Waals surface area contributed by atoms with Gasteiger partial charge in [-0.1, -0.05) is 18.2 Å². The fourth-order valence-electron chi connectivity index (χ4n) is 3.27. The van der Waals surface area contributed by atoms with E-state index in [1.807, 2.05) is 30.3 Å². The van der Waals surface area contributed by atoms with Crippen LogP contribution >= 0.6 is 0 Å². The number of para-hydroxylation sites is 1. The molecule has 2 aliphatic rings. The zero-order valence-electron chi connectivity index (χ0n) is 15.2. The Balaban J connectivity index is 1.42. The average molecular weight is 403 g/mol. The number of amides is 1. The topological polar surface area (TPSA) is 107 Å². The van der Waals surface area contributed by atoms with Gasteiger partial charge in [-0.25, -0.2) is 17.9 Å². The smallest absolute Gasteiger partial charge is 0.357 e. The molecule has 2 aromatic rings. The molecule has 1 aromatic carbocycles. The summed E-state index contributed by atoms with van der Waals surface area (Å²) in [4.78, 5) is 24.6. The molecule has 0 bridgehead atoms. The molecule has 8 nitrogen and oxygen atoms in total. The summed E-state index contributed by atoms with van der Waals surface area (Å²) in [6.45, 7) is -0.464. The first kappa shape index (κ1) is 18.7. The first-order chi connectivity index (χ1) is 13.4. The zero-order chi connectivity index (χ0) is 19.7. The number of hydrogen-bond donors (Lipinski definition) is 1. The molecular formula is C19H21N3O5S. The third-order valence-corrected chi connectivity index (χ3v) is 6.63. The van der Waals surface area contributed by atoms with Crippen molar-refractivity contribution in [1.29, 1.82) is 0 Å². The Hall–Kier alpha value is -2.68. The van der Waals surface area contributed by atoms with Crippen molar-refractivity contribution in [3.05, 3.63) is 47.8 Å². The van der Waals surface area contributed by atoms with Crippen molar-refractivity contribution in [1.82, 2.24) is 15.1 Å². The summed E-state index contributed by atoms with van der Waals surface area (Å²) in [6, 6.07) is 10.6. The molecule has 0 radical (unpaired) electrons. The molecule has 1 saturated heterocycles. The predicted molar refractivity (Wildman–Crippen MR) is 101 cm³/mol. The summed E-state index contributed by atoms with van der Waals surface area (Å²) in [5.41, 5.74) is 1.85. The van der Waals surface area contributed by atoms with Crippen LogP contribution in [-0.2, 0) is 19.4 Å². The summed E-state index contributed by atoms with van der Waals surface area (Å²) in [5, 5.41) is 7.14. The third-order valence-electron chi connectivity index (χ3n) is 4.87. The Morgan fingerprint density at radius 3 is 2.57 bits per heavy atom. The van der Waals surface area contributed by atoms with Crippen LogP contribution in [-0.4, -0.2) is 54.2 Å². The first-order valence-electron chi connectivity index (χ1n) is 9.23. The lowest BCUT2D eigenvalue weighted by Gasteiger charge is -2.11. The fourth-order valence-corrected chi connectivity index (χ4v) is 4.95. The summed E-state index contributed by atoms with van der Waals surface area (Å²) >= 11 is 0. The first-order valence-corrected chi connectivity index (χ1v) is 11.1. The highest BCUT2D eigenvalue weighted by Crippen LogP contribution is 2.39. The van der Waals surface area contributed by atoms with Gasteiger partial charge >= 0.3 is 5.97 Å². The van der Waals surface area contributed by atoms with Gasteiger partial charge in [0.25, 0.3) is 5.91 Å². The minimum absolute atomic E-state index is 0.0674. The van der Waals surface area contributed by atoms with Crippen molar-refractivity contribution in [2.24, 2.45) is 0 Å². The number of nitrogens with zero attached hydrogens (tertiary/aromatic N) is 2. The van der Waals surface area contributed by atoms with Crippen molar-refractivity contribution in [3.63, 3.8) is 0 Å². The van der Waals surface area contributed by atoms with Gasteiger partial charge in [0.2, 0.25) is 0 Å². The van der Waals surface area contributed by atoms with E-state index in [9.17, 15) is 18.0 Å². The predicted octanol–water partition coefficient (Wildman–Crippen LogP) is 1.21. The molecule has 28 heavy (non-hydrogen) atoms. The molecule has 1 saturated carbocycles. The Morgan fingerprint density at radius 1 is 1.18 bits per heavy atom. The molecule has 1 atom stereocenters. The molecule has 1 amide bonds. The molecule has 9 heteroatoms. The normalized spacial score (nSPS) is 20.6. The molecule has 0 unspecified atom stereocenters.